The number of aryl methyl sites for hydroxylation is 2. The number of fused-ring (bicyclic) bond motifs is 2. The first-order valence-electron chi connectivity index (χ1n) is 9.92. The third kappa shape index (κ3) is 2.96. The van der Waals surface area contributed by atoms with E-state index < -0.39 is 5.54 Å². The zero-order chi connectivity index (χ0) is 21.0. The van der Waals surface area contributed by atoms with Gasteiger partial charge in [0.1, 0.15) is 11.9 Å². The van der Waals surface area contributed by atoms with Crippen molar-refractivity contribution in [3.63, 3.8) is 0 Å². The number of benzene rings is 1. The Labute approximate surface area is 178 Å². The third-order valence-electron chi connectivity index (χ3n) is 5.98. The maximum atomic E-state index is 13.3. The van der Waals surface area contributed by atoms with E-state index >= 15 is 0 Å². The normalized spacial score (nSPS) is 25.1. The average Bonchev–Trinajstić information content (AvgIpc) is 3.31. The van der Waals surface area contributed by atoms with Crippen LogP contribution in [0.3, 0.4) is 0 Å². The molecule has 3 heterocycles. The van der Waals surface area contributed by atoms with E-state index in [1.54, 1.807) is 43.2 Å². The number of urea groups is 1. The summed E-state index contributed by atoms with van der Waals surface area (Å²) in [5, 5.41) is 12.0. The molecule has 1 aliphatic heterocycles. The van der Waals surface area contributed by atoms with Gasteiger partial charge in [-0.2, -0.15) is 10.1 Å². The van der Waals surface area contributed by atoms with E-state index in [2.05, 4.69) is 32.5 Å². The second-order valence-corrected chi connectivity index (χ2v) is 8.72. The summed E-state index contributed by atoms with van der Waals surface area (Å²) in [5.74, 6) is 2.09. The average molecular weight is 428 g/mol. The van der Waals surface area contributed by atoms with E-state index in [1.165, 1.54) is 0 Å². The van der Waals surface area contributed by atoms with Gasteiger partial charge in [-0.05, 0) is 43.4 Å². The lowest BCUT2D eigenvalue weighted by atomic mass is 9.64. The van der Waals surface area contributed by atoms with Crippen LogP contribution in [0.2, 0.25) is 5.02 Å². The molecular formula is C20H22ClN7O2. The fourth-order valence-electron chi connectivity index (χ4n) is 4.87. The molecule has 1 saturated heterocycles. The molecule has 2 aromatic heterocycles. The smallest absolute Gasteiger partial charge is 0.322 e. The molecule has 0 spiro atoms. The Kier molecular flexibility index (Phi) is 4.32. The van der Waals surface area contributed by atoms with Gasteiger partial charge in [-0.25, -0.2) is 9.78 Å². The predicted octanol–water partition coefficient (Wildman–Crippen LogP) is 3.76. The first kappa shape index (κ1) is 19.0. The lowest BCUT2D eigenvalue weighted by Crippen LogP contribution is -2.70. The van der Waals surface area contributed by atoms with Gasteiger partial charge in [0.15, 0.2) is 11.6 Å². The Morgan fingerprint density at radius 3 is 2.90 bits per heavy atom. The molecule has 3 aromatic rings. The van der Waals surface area contributed by atoms with Crippen molar-refractivity contribution in [2.24, 2.45) is 13.0 Å². The quantitative estimate of drug-likeness (QED) is 0.682. The minimum absolute atomic E-state index is 0.164. The molecule has 156 valence electrons. The predicted molar refractivity (Wildman–Crippen MR) is 110 cm³/mol. The van der Waals surface area contributed by atoms with Crippen molar-refractivity contribution >= 4 is 23.3 Å². The molecule has 1 N–H and O–H groups in total. The van der Waals surface area contributed by atoms with Gasteiger partial charge >= 0.3 is 6.03 Å². The molecule has 1 saturated carbocycles. The maximum Gasteiger partial charge on any atom is 0.322 e. The molecule has 9 nitrogen and oxygen atoms in total. The number of aromatic nitrogens is 5. The monoisotopic (exact) mass is 427 g/mol. The molecule has 2 fully saturated rings. The Morgan fingerprint density at radius 1 is 1.37 bits per heavy atom. The van der Waals surface area contributed by atoms with Crippen LogP contribution in [0.4, 0.5) is 10.5 Å². The molecule has 1 aromatic carbocycles. The van der Waals surface area contributed by atoms with Crippen molar-refractivity contribution in [3.8, 4) is 11.4 Å². The van der Waals surface area contributed by atoms with E-state index in [4.69, 9.17) is 16.1 Å². The number of anilines is 1. The van der Waals surface area contributed by atoms with E-state index in [1.807, 2.05) is 4.90 Å². The molecule has 30 heavy (non-hydrogen) atoms. The van der Waals surface area contributed by atoms with Crippen LogP contribution in [0, 0.1) is 12.8 Å². The molecule has 2 bridgehead atoms. The highest BCUT2D eigenvalue weighted by Crippen LogP contribution is 2.55. The van der Waals surface area contributed by atoms with Crippen LogP contribution in [-0.4, -0.2) is 41.9 Å². The van der Waals surface area contributed by atoms with Gasteiger partial charge in [0.05, 0.1) is 5.02 Å². The number of hydrogen-bond donors (Lipinski definition) is 1. The fourth-order valence-corrected chi connectivity index (χ4v) is 5.07. The summed E-state index contributed by atoms with van der Waals surface area (Å²) in [6.07, 6.45) is 4.25. The Hall–Kier alpha value is -2.94. The van der Waals surface area contributed by atoms with Gasteiger partial charge in [0.25, 0.3) is 0 Å². The highest BCUT2D eigenvalue weighted by Gasteiger charge is 2.61. The first-order chi connectivity index (χ1) is 14.4. The number of amides is 2. The number of nitrogens with one attached hydrogen (secondary N) is 1. The number of nitrogens with zero attached hydrogens (tertiary/aromatic N) is 6. The molecule has 10 heteroatoms. The van der Waals surface area contributed by atoms with Gasteiger partial charge < -0.3 is 14.7 Å². The highest BCUT2D eigenvalue weighted by atomic mass is 35.5. The van der Waals surface area contributed by atoms with Crippen molar-refractivity contribution in [2.45, 2.75) is 44.7 Å². The lowest BCUT2D eigenvalue weighted by molar-refractivity contribution is -0.101. The summed E-state index contributed by atoms with van der Waals surface area (Å²) in [6.45, 7) is 3.97. The molecule has 0 unspecified atom stereocenters. The molecule has 1 aliphatic carbocycles. The number of carbonyl (C=O) groups is 1. The van der Waals surface area contributed by atoms with Crippen LogP contribution in [0.15, 0.2) is 29.0 Å². The lowest BCUT2D eigenvalue weighted by Gasteiger charge is -2.61. The summed E-state index contributed by atoms with van der Waals surface area (Å²) in [4.78, 5) is 23.9. The summed E-state index contributed by atoms with van der Waals surface area (Å²) in [6, 6.07) is 5.29. The van der Waals surface area contributed by atoms with Gasteiger partial charge in [-0.15, -0.1) is 0 Å². The van der Waals surface area contributed by atoms with Crippen LogP contribution in [0.5, 0.6) is 0 Å². The minimum Gasteiger partial charge on any atom is -0.340 e. The van der Waals surface area contributed by atoms with E-state index in [-0.39, 0.29) is 12.1 Å². The molecule has 5 rings (SSSR count). The topological polar surface area (TPSA) is 102 Å². The standard InChI is InChI=1S/C20H22ClN7O2/c1-11-6-14-9-20(8-11,18-23-12(2)30-26-18)28(14)19(29)24-13-4-5-16(21)15(7-13)17-22-10-27(3)25-17/h4-5,7,10-11,14H,6,8-9H2,1-3H3,(H,24,29)/t11-,14-,20+/m0/s1. The van der Waals surface area contributed by atoms with Crippen molar-refractivity contribution < 1.29 is 9.32 Å². The molecule has 2 aliphatic rings. The molecule has 3 atom stereocenters. The molecule has 2 amide bonds. The van der Waals surface area contributed by atoms with Crippen LogP contribution in [0.25, 0.3) is 11.4 Å². The van der Waals surface area contributed by atoms with Gasteiger partial charge in [0.2, 0.25) is 5.89 Å². The van der Waals surface area contributed by atoms with Gasteiger partial charge in [-0.1, -0.05) is 23.7 Å². The zero-order valence-corrected chi connectivity index (χ0v) is 17.7. The van der Waals surface area contributed by atoms with Crippen LogP contribution in [0.1, 0.15) is 37.9 Å². The van der Waals surface area contributed by atoms with Crippen molar-refractivity contribution in [1.29, 1.82) is 0 Å². The number of carbonyl (C=O) groups excluding carboxylic acids is 1. The van der Waals surface area contributed by atoms with Crippen LogP contribution in [-0.2, 0) is 12.6 Å². The van der Waals surface area contributed by atoms with Crippen molar-refractivity contribution in [1.82, 2.24) is 29.8 Å². The summed E-state index contributed by atoms with van der Waals surface area (Å²) < 4.78 is 6.83. The second kappa shape index (κ2) is 6.80. The minimum atomic E-state index is -0.512. The number of likely N-dealkylation sites (tertiary alicyclic amines) is 1. The Balaban J connectivity index is 1.43. The third-order valence-corrected chi connectivity index (χ3v) is 6.31. The number of hydrogen-bond acceptors (Lipinski definition) is 6. The number of rotatable bonds is 3. The van der Waals surface area contributed by atoms with Crippen LogP contribution < -0.4 is 5.32 Å². The van der Waals surface area contributed by atoms with Gasteiger partial charge in [0, 0.05) is 31.3 Å². The summed E-state index contributed by atoms with van der Waals surface area (Å²) >= 11 is 6.34. The number of halogens is 1. The van der Waals surface area contributed by atoms with E-state index in [0.717, 1.165) is 19.3 Å². The first-order valence-corrected chi connectivity index (χ1v) is 10.3. The zero-order valence-electron chi connectivity index (χ0n) is 17.0. The van der Waals surface area contributed by atoms with E-state index in [9.17, 15) is 4.79 Å². The summed E-state index contributed by atoms with van der Waals surface area (Å²) in [7, 11) is 1.79. The largest absolute Gasteiger partial charge is 0.340 e. The molecular weight excluding hydrogens is 406 g/mol. The van der Waals surface area contributed by atoms with Crippen molar-refractivity contribution in [2.75, 3.05) is 5.32 Å². The second-order valence-electron chi connectivity index (χ2n) is 8.31. The Bertz CT molecular complexity index is 1130. The Morgan fingerprint density at radius 2 is 2.20 bits per heavy atom. The van der Waals surface area contributed by atoms with E-state index in [0.29, 0.717) is 39.7 Å². The SMILES string of the molecule is Cc1nc([C@@]23C[C@@H](C)C[C@@H](C2)N3C(=O)Nc2ccc(Cl)c(-c3ncn(C)n3)c2)no1. The van der Waals surface area contributed by atoms with Crippen LogP contribution >= 0.6 is 11.6 Å². The highest BCUT2D eigenvalue weighted by molar-refractivity contribution is 6.33. The fraction of sp³-hybridized carbons (Fsp3) is 0.450. The number of piperidine rings is 1. The molecule has 0 radical (unpaired) electrons. The van der Waals surface area contributed by atoms with Crippen molar-refractivity contribution in [3.05, 3.63) is 41.3 Å². The van der Waals surface area contributed by atoms with Gasteiger partial charge in [-0.3, -0.25) is 4.68 Å². The maximum absolute atomic E-state index is 13.3. The summed E-state index contributed by atoms with van der Waals surface area (Å²) in [5.41, 5.74) is 0.780.